The number of aliphatic imine (C=N–C) groups is 2. The third-order valence-corrected chi connectivity index (χ3v) is 5.08. The maximum Gasteiger partial charge on any atom is 0.289 e. The van der Waals surface area contributed by atoms with Gasteiger partial charge in [-0.1, -0.05) is 19.0 Å². The molecule has 3 heterocycles. The predicted octanol–water partition coefficient (Wildman–Crippen LogP) is 1.64. The molecule has 9 heteroatoms. The lowest BCUT2D eigenvalue weighted by Crippen LogP contribution is -2.51. The Kier molecular flexibility index (Phi) is 4.53. The van der Waals surface area contributed by atoms with Crippen LogP contribution >= 0.6 is 0 Å². The van der Waals surface area contributed by atoms with E-state index < -0.39 is 12.1 Å². The highest BCUT2D eigenvalue weighted by atomic mass is 19.1. The fourth-order valence-electron chi connectivity index (χ4n) is 3.26. The Hall–Kier alpha value is -2.58. The number of rotatable bonds is 3. The Morgan fingerprint density at radius 3 is 2.56 bits per heavy atom. The van der Waals surface area contributed by atoms with E-state index in [0.29, 0.717) is 37.8 Å². The van der Waals surface area contributed by atoms with Crippen LogP contribution in [0.4, 0.5) is 4.39 Å². The van der Waals surface area contributed by atoms with Gasteiger partial charge in [0, 0.05) is 38.2 Å². The van der Waals surface area contributed by atoms with Crippen LogP contribution in [0.1, 0.15) is 48.9 Å². The summed E-state index contributed by atoms with van der Waals surface area (Å²) >= 11 is 0. The monoisotopic (exact) mass is 375 g/mol. The number of amides is 2. The van der Waals surface area contributed by atoms with E-state index in [-0.39, 0.29) is 23.5 Å². The fourth-order valence-corrected chi connectivity index (χ4v) is 3.26. The summed E-state index contributed by atoms with van der Waals surface area (Å²) in [6, 6.07) is 1.73. The van der Waals surface area contributed by atoms with E-state index in [1.807, 2.05) is 4.90 Å². The molecule has 4 rings (SSSR count). The van der Waals surface area contributed by atoms with E-state index in [1.165, 1.54) is 0 Å². The second-order valence-electron chi connectivity index (χ2n) is 7.47. The summed E-state index contributed by atoms with van der Waals surface area (Å²) in [6.45, 7) is 5.43. The van der Waals surface area contributed by atoms with Gasteiger partial charge in [-0.15, -0.1) is 0 Å². The van der Waals surface area contributed by atoms with Crippen LogP contribution in [0.5, 0.6) is 0 Å². The van der Waals surface area contributed by atoms with Crippen LogP contribution in [0.2, 0.25) is 0 Å². The van der Waals surface area contributed by atoms with Gasteiger partial charge in [-0.25, -0.2) is 9.38 Å². The summed E-state index contributed by atoms with van der Waals surface area (Å²) in [5.74, 6) is 0.278. The molecule has 1 atom stereocenters. The highest BCUT2D eigenvalue weighted by Gasteiger charge is 2.34. The van der Waals surface area contributed by atoms with Crippen LogP contribution < -0.4 is 0 Å². The minimum atomic E-state index is -1.76. The zero-order chi connectivity index (χ0) is 19.1. The minimum absolute atomic E-state index is 0.165. The highest BCUT2D eigenvalue weighted by Crippen LogP contribution is 2.40. The zero-order valence-corrected chi connectivity index (χ0v) is 15.4. The van der Waals surface area contributed by atoms with Gasteiger partial charge in [-0.3, -0.25) is 9.59 Å². The average molecular weight is 375 g/mol. The molecule has 0 aromatic carbocycles. The second-order valence-corrected chi connectivity index (χ2v) is 7.47. The lowest BCUT2D eigenvalue weighted by molar-refractivity contribution is -0.120. The first-order valence-electron chi connectivity index (χ1n) is 9.30. The summed E-state index contributed by atoms with van der Waals surface area (Å²) < 4.78 is 19.2. The lowest BCUT2D eigenvalue weighted by Gasteiger charge is -2.35. The van der Waals surface area contributed by atoms with Crippen LogP contribution in [-0.4, -0.2) is 70.8 Å². The van der Waals surface area contributed by atoms with E-state index in [2.05, 4.69) is 15.1 Å². The molecule has 0 N–H and O–H groups in total. The van der Waals surface area contributed by atoms with Crippen molar-refractivity contribution in [1.82, 2.24) is 15.0 Å². The molecule has 2 amide bonds. The van der Waals surface area contributed by atoms with Gasteiger partial charge in [-0.2, -0.15) is 4.99 Å². The van der Waals surface area contributed by atoms with Crippen molar-refractivity contribution in [1.29, 1.82) is 0 Å². The second kappa shape index (κ2) is 6.86. The Bertz CT molecular complexity index is 819. The molecule has 8 nitrogen and oxygen atoms in total. The van der Waals surface area contributed by atoms with Gasteiger partial charge in [0.15, 0.2) is 5.69 Å². The molecule has 144 valence electrons. The molecule has 1 aromatic rings. The molecule has 0 radical (unpaired) electrons. The van der Waals surface area contributed by atoms with E-state index in [4.69, 9.17) is 4.52 Å². The van der Waals surface area contributed by atoms with Crippen LogP contribution in [0, 0.1) is 5.92 Å². The van der Waals surface area contributed by atoms with Crippen molar-refractivity contribution in [2.75, 3.05) is 26.2 Å². The summed E-state index contributed by atoms with van der Waals surface area (Å²) in [7, 11) is 0. The summed E-state index contributed by atoms with van der Waals surface area (Å²) in [5, 5.41) is 3.90. The predicted molar refractivity (Wildman–Crippen MR) is 95.6 cm³/mol. The number of alkyl halides is 1. The lowest BCUT2D eigenvalue weighted by atomic mass is 10.0. The topological polar surface area (TPSA) is 91.4 Å². The normalized spacial score (nSPS) is 23.6. The van der Waals surface area contributed by atoms with Crippen molar-refractivity contribution in [3.63, 3.8) is 0 Å². The first-order chi connectivity index (χ1) is 12.9. The Labute approximate surface area is 156 Å². The van der Waals surface area contributed by atoms with Gasteiger partial charge in [0.05, 0.1) is 5.71 Å². The highest BCUT2D eigenvalue weighted by molar-refractivity contribution is 6.18. The molecule has 1 saturated heterocycles. The van der Waals surface area contributed by atoms with Gasteiger partial charge in [-0.05, 0) is 18.8 Å². The van der Waals surface area contributed by atoms with E-state index in [0.717, 1.165) is 18.6 Å². The third kappa shape index (κ3) is 3.50. The summed E-state index contributed by atoms with van der Waals surface area (Å²) in [4.78, 5) is 36.0. The number of carbonyl (C=O) groups excluding carboxylic acids is 2. The Morgan fingerprint density at radius 2 is 1.93 bits per heavy atom. The largest absolute Gasteiger partial charge is 0.360 e. The molecule has 1 unspecified atom stereocenters. The standard InChI is InChI=1S/C18H22FN5O3/c1-10(2)15-14(19)16(25)21-18(20-15)24-7-5-23(6-8-24)17(26)12-9-13(27-22-12)11-3-4-11/h9-11,14H,3-8H2,1-2H3. The molecule has 2 aliphatic heterocycles. The number of hydrogen-bond acceptors (Lipinski definition) is 6. The molecule has 1 saturated carbocycles. The van der Waals surface area contributed by atoms with Crippen molar-refractivity contribution in [3.8, 4) is 0 Å². The van der Waals surface area contributed by atoms with E-state index in [9.17, 15) is 14.0 Å². The third-order valence-electron chi connectivity index (χ3n) is 5.08. The molecule has 1 aromatic heterocycles. The molecular formula is C18H22FN5O3. The van der Waals surface area contributed by atoms with Gasteiger partial charge in [0.2, 0.25) is 12.1 Å². The molecular weight excluding hydrogens is 353 g/mol. The van der Waals surface area contributed by atoms with Crippen molar-refractivity contribution >= 4 is 23.5 Å². The SMILES string of the molecule is CC(C)C1=NC(N2CCN(C(=O)c3cc(C4CC4)on3)CC2)=NC(=O)C1F. The van der Waals surface area contributed by atoms with Crippen molar-refractivity contribution in [2.24, 2.45) is 15.9 Å². The zero-order valence-electron chi connectivity index (χ0n) is 15.4. The smallest absolute Gasteiger partial charge is 0.289 e. The quantitative estimate of drug-likeness (QED) is 0.801. The first-order valence-corrected chi connectivity index (χ1v) is 9.30. The van der Waals surface area contributed by atoms with Gasteiger partial charge in [0.25, 0.3) is 11.8 Å². The van der Waals surface area contributed by atoms with Gasteiger partial charge in [0.1, 0.15) is 5.76 Å². The Morgan fingerprint density at radius 1 is 1.22 bits per heavy atom. The van der Waals surface area contributed by atoms with Gasteiger partial charge < -0.3 is 14.3 Å². The van der Waals surface area contributed by atoms with E-state index >= 15 is 0 Å². The number of guanidine groups is 1. The van der Waals surface area contributed by atoms with E-state index in [1.54, 1.807) is 24.8 Å². The average Bonchev–Trinajstić information content (AvgIpc) is 3.40. The van der Waals surface area contributed by atoms with Crippen LogP contribution in [0.15, 0.2) is 20.6 Å². The molecule has 27 heavy (non-hydrogen) atoms. The van der Waals surface area contributed by atoms with Crippen LogP contribution in [0.3, 0.4) is 0 Å². The minimum Gasteiger partial charge on any atom is -0.360 e. The number of hydrogen-bond donors (Lipinski definition) is 0. The Balaban J connectivity index is 1.40. The number of aromatic nitrogens is 1. The number of piperazine rings is 1. The molecule has 0 spiro atoms. The molecule has 0 bridgehead atoms. The summed E-state index contributed by atoms with van der Waals surface area (Å²) in [6.07, 6.45) is 0.409. The van der Waals surface area contributed by atoms with Crippen LogP contribution in [-0.2, 0) is 4.79 Å². The molecule has 1 aliphatic carbocycles. The van der Waals surface area contributed by atoms with Crippen LogP contribution in [0.25, 0.3) is 0 Å². The fraction of sp³-hybridized carbons (Fsp3) is 0.611. The van der Waals surface area contributed by atoms with Crippen molar-refractivity contribution in [2.45, 2.75) is 38.8 Å². The van der Waals surface area contributed by atoms with Crippen molar-refractivity contribution in [3.05, 3.63) is 17.5 Å². The van der Waals surface area contributed by atoms with Crippen molar-refractivity contribution < 1.29 is 18.5 Å². The molecule has 3 aliphatic rings. The molecule has 2 fully saturated rings. The maximum absolute atomic E-state index is 14.0. The number of halogens is 1. The van der Waals surface area contributed by atoms with Gasteiger partial charge >= 0.3 is 0 Å². The maximum atomic E-state index is 14.0. The number of carbonyl (C=O) groups is 2. The first kappa shape index (κ1) is 17.8. The number of nitrogens with zero attached hydrogens (tertiary/aromatic N) is 5. The summed E-state index contributed by atoms with van der Waals surface area (Å²) in [5.41, 5.74) is 0.537.